The quantitative estimate of drug-likeness (QED) is 0.505. The molecule has 0 amide bonds. The second-order valence-corrected chi connectivity index (χ2v) is 4.07. The van der Waals surface area contributed by atoms with Crippen LogP contribution in [0.5, 0.6) is 0 Å². The Kier molecular flexibility index (Phi) is 22.5. The smallest absolute Gasteiger partial charge is 0.227 e. The van der Waals surface area contributed by atoms with Crippen molar-refractivity contribution in [3.8, 4) is 30.3 Å². The number of nitrogens with zero attached hydrogens (tertiary/aromatic N) is 9. The van der Waals surface area contributed by atoms with E-state index in [1.54, 1.807) is 30.3 Å². The summed E-state index contributed by atoms with van der Waals surface area (Å²) in [5, 5.41) is 42.2. The Morgan fingerprint density at radius 1 is 0.633 bits per heavy atom. The van der Waals surface area contributed by atoms with Crippen molar-refractivity contribution in [3.05, 3.63) is 108 Å². The van der Waals surface area contributed by atoms with Gasteiger partial charge < -0.3 is 0 Å². The molecule has 0 aromatic rings. The minimum absolute atomic E-state index is 0. The average molecular weight is 391 g/mol. The maximum Gasteiger partial charge on any atom is 0.259 e. The maximum absolute atomic E-state index is 8.64. The highest BCUT2D eigenvalue weighted by atomic mass is 14.7. The Bertz CT molecular complexity index is 939. The summed E-state index contributed by atoms with van der Waals surface area (Å²) in [4.78, 5) is 11.6. The van der Waals surface area contributed by atoms with Gasteiger partial charge in [-0.2, -0.15) is 5.26 Å². The van der Waals surface area contributed by atoms with E-state index < -0.39 is 5.92 Å². The van der Waals surface area contributed by atoms with Crippen molar-refractivity contribution in [2.45, 2.75) is 6.42 Å². The van der Waals surface area contributed by atoms with Crippen LogP contribution in [-0.2, 0) is 0 Å². The van der Waals surface area contributed by atoms with Crippen molar-refractivity contribution in [3.63, 3.8) is 0 Å². The third-order valence-electron chi connectivity index (χ3n) is 2.39. The van der Waals surface area contributed by atoms with E-state index in [-0.39, 0.29) is 44.1 Å². The van der Waals surface area contributed by atoms with Gasteiger partial charge in [-0.25, -0.2) is 40.4 Å². The van der Waals surface area contributed by atoms with Crippen LogP contribution in [0.3, 0.4) is 0 Å². The normalized spacial score (nSPS) is 10.6. The Morgan fingerprint density at radius 2 is 0.933 bits per heavy atom. The Balaban J connectivity index is -0.000000213. The number of hydrogen-bond donors (Lipinski definition) is 0. The molecule has 9 nitrogen and oxygen atoms in total. The van der Waals surface area contributed by atoms with Crippen LogP contribution in [0.15, 0.2) is 47.1 Å². The minimum Gasteiger partial charge on any atom is -0.227 e. The molecule has 0 aromatic heterocycles. The monoisotopic (exact) mass is 391 g/mol. The number of nitriles is 5. The summed E-state index contributed by atoms with van der Waals surface area (Å²) in [6.45, 7) is 26.2. The van der Waals surface area contributed by atoms with Crippen LogP contribution < -0.4 is 0 Å². The van der Waals surface area contributed by atoms with Crippen molar-refractivity contribution >= 4 is 0 Å². The zero-order valence-corrected chi connectivity index (χ0v) is 16.1. The number of hydrogen-bond acceptors (Lipinski definition) is 5. The first-order chi connectivity index (χ1) is 13.5. The van der Waals surface area contributed by atoms with Crippen LogP contribution in [0.25, 0.3) is 19.4 Å². The van der Waals surface area contributed by atoms with Crippen molar-refractivity contribution in [2.24, 2.45) is 5.92 Å². The molecular weight excluding hydrogens is 378 g/mol. The van der Waals surface area contributed by atoms with Crippen LogP contribution in [0.1, 0.15) is 6.42 Å². The van der Waals surface area contributed by atoms with Crippen LogP contribution in [0.4, 0.5) is 0 Å². The molecule has 140 valence electrons. The zero-order valence-electron chi connectivity index (χ0n) is 16.1. The summed E-state index contributed by atoms with van der Waals surface area (Å²) in [6, 6.07) is 8.30. The lowest BCUT2D eigenvalue weighted by molar-refractivity contribution is 1.06. The second kappa shape index (κ2) is 21.2. The fourth-order valence-corrected chi connectivity index (χ4v) is 1.18. The molecular formula is C21H13N9+2. The molecule has 0 radical (unpaired) electrons. The van der Waals surface area contributed by atoms with Crippen molar-refractivity contribution in [1.29, 1.82) is 26.3 Å². The lowest BCUT2D eigenvalue weighted by Gasteiger charge is -1.93. The predicted octanol–water partition coefficient (Wildman–Crippen LogP) is 4.71. The molecule has 0 fully saturated rings. The molecule has 0 saturated heterocycles. The zero-order chi connectivity index (χ0) is 21.8. The van der Waals surface area contributed by atoms with Crippen molar-refractivity contribution < 1.29 is 0 Å². The second-order valence-electron chi connectivity index (χ2n) is 4.07. The SMILES string of the molecule is [C-]#[N+]/C(C#N)=C/C(C#N)/C=C(\C#N)[N+]#[C-].[C-]#[N+]/C(C#N)=C/C/C=C(\C#N)[N+]#[C-].[CH3+].[CH3+]. The third-order valence-corrected chi connectivity index (χ3v) is 2.39. The molecule has 0 aliphatic rings. The number of allylic oxidation sites excluding steroid dienone is 8. The van der Waals surface area contributed by atoms with Gasteiger partial charge in [-0.15, -0.1) is 0 Å². The Hall–Kier alpha value is -5.89. The van der Waals surface area contributed by atoms with Crippen LogP contribution in [-0.4, -0.2) is 0 Å². The highest BCUT2D eigenvalue weighted by molar-refractivity contribution is 5.35. The van der Waals surface area contributed by atoms with E-state index in [0.29, 0.717) is 0 Å². The molecule has 0 bridgehead atoms. The maximum atomic E-state index is 8.64. The molecule has 30 heavy (non-hydrogen) atoms. The molecule has 0 spiro atoms. The largest absolute Gasteiger partial charge is 0.259 e. The molecule has 0 rings (SSSR count). The summed E-state index contributed by atoms with van der Waals surface area (Å²) < 4.78 is 0. The van der Waals surface area contributed by atoms with E-state index in [1.165, 1.54) is 12.2 Å². The van der Waals surface area contributed by atoms with E-state index >= 15 is 0 Å². The van der Waals surface area contributed by atoms with Gasteiger partial charge >= 0.3 is 0 Å². The first-order valence-electron chi connectivity index (χ1n) is 6.83. The molecule has 0 saturated carbocycles. The molecule has 0 aliphatic heterocycles. The summed E-state index contributed by atoms with van der Waals surface area (Å²) in [7, 11) is 0. The average Bonchev–Trinajstić information content (AvgIpc) is 2.75. The van der Waals surface area contributed by atoms with Gasteiger partial charge in [0, 0.05) is 14.9 Å². The van der Waals surface area contributed by atoms with Crippen LogP contribution >= 0.6 is 0 Å². The lowest BCUT2D eigenvalue weighted by atomic mass is 10.1. The Labute approximate surface area is 177 Å². The molecule has 0 aromatic carbocycles. The fraction of sp³-hybridized carbons (Fsp3) is 0.0952. The molecule has 0 heterocycles. The standard InChI is InChI=1S/C10H3N5.C9H4N4.2CH3/c1-14-9(6-12)3-8(5-11)4-10(7-13)15-2;1-12-8(6-10)4-3-5-9(7-11)13-2;;/h3-4,8H;4-5H,3H2;2*1H3/q;;2*+1/b9-3+,10-4+;8-4+,9-5+;;. The summed E-state index contributed by atoms with van der Waals surface area (Å²) in [5.41, 5.74) is -0.530. The van der Waals surface area contributed by atoms with E-state index in [1.807, 2.05) is 0 Å². The van der Waals surface area contributed by atoms with Gasteiger partial charge in [-0.05, 0) is 18.6 Å². The summed E-state index contributed by atoms with van der Waals surface area (Å²) in [6.07, 6.45) is 5.21. The van der Waals surface area contributed by atoms with Crippen LogP contribution in [0, 0.1) is 104 Å². The first kappa shape index (κ1) is 31.8. The summed E-state index contributed by atoms with van der Waals surface area (Å²) in [5.74, 6) is -0.905. The first-order valence-corrected chi connectivity index (χ1v) is 6.83. The van der Waals surface area contributed by atoms with E-state index in [0.717, 1.165) is 12.2 Å². The molecule has 0 N–H and O–H groups in total. The van der Waals surface area contributed by atoms with Gasteiger partial charge in [0.05, 0.1) is 62.6 Å². The van der Waals surface area contributed by atoms with Gasteiger partial charge in [0.15, 0.2) is 0 Å². The van der Waals surface area contributed by atoms with Gasteiger partial charge in [0.2, 0.25) is 0 Å². The molecule has 0 aliphatic carbocycles. The minimum atomic E-state index is -0.905. The van der Waals surface area contributed by atoms with E-state index in [4.69, 9.17) is 52.6 Å². The van der Waals surface area contributed by atoms with Gasteiger partial charge in [0.25, 0.3) is 22.8 Å². The van der Waals surface area contributed by atoms with Gasteiger partial charge in [-0.1, -0.05) is 12.2 Å². The predicted molar refractivity (Wildman–Crippen MR) is 108 cm³/mol. The highest BCUT2D eigenvalue weighted by Gasteiger charge is 2.04. The van der Waals surface area contributed by atoms with E-state index in [9.17, 15) is 0 Å². The molecule has 9 heteroatoms. The molecule has 0 unspecified atom stereocenters. The number of rotatable bonds is 4. The topological polar surface area (TPSA) is 136 Å². The Morgan fingerprint density at radius 3 is 1.13 bits per heavy atom. The van der Waals surface area contributed by atoms with Crippen LogP contribution in [0.2, 0.25) is 0 Å². The van der Waals surface area contributed by atoms with E-state index in [2.05, 4.69) is 19.4 Å². The molecule has 0 atom stereocenters. The third kappa shape index (κ3) is 14.5. The highest BCUT2D eigenvalue weighted by Crippen LogP contribution is 2.09. The van der Waals surface area contributed by atoms with Crippen molar-refractivity contribution in [1.82, 2.24) is 0 Å². The lowest BCUT2D eigenvalue weighted by Crippen LogP contribution is -1.89. The van der Waals surface area contributed by atoms with Gasteiger partial charge in [0.1, 0.15) is 0 Å². The summed E-state index contributed by atoms with van der Waals surface area (Å²) >= 11 is 0. The fourth-order valence-electron chi connectivity index (χ4n) is 1.18. The van der Waals surface area contributed by atoms with Crippen molar-refractivity contribution in [2.75, 3.05) is 0 Å². The van der Waals surface area contributed by atoms with Gasteiger partial charge in [-0.3, -0.25) is 0 Å².